The number of halogens is 1. The summed E-state index contributed by atoms with van der Waals surface area (Å²) >= 11 is 0. The molecule has 0 aromatic heterocycles. The van der Waals surface area contributed by atoms with E-state index in [1.165, 1.54) is 19.2 Å². The number of methoxy groups -OCH3 is 1. The van der Waals surface area contributed by atoms with Gasteiger partial charge in [0, 0.05) is 29.3 Å². The lowest BCUT2D eigenvalue weighted by Crippen LogP contribution is -2.36. The van der Waals surface area contributed by atoms with Gasteiger partial charge in [0.1, 0.15) is 17.2 Å². The molecule has 2 atom stereocenters. The second kappa shape index (κ2) is 8.67. The summed E-state index contributed by atoms with van der Waals surface area (Å²) in [6, 6.07) is 12.3. The van der Waals surface area contributed by atoms with Crippen molar-refractivity contribution in [3.63, 3.8) is 0 Å². The number of rotatable bonds is 3. The van der Waals surface area contributed by atoms with Crippen LogP contribution in [0.25, 0.3) is 0 Å². The Bertz CT molecular complexity index is 1270. The van der Waals surface area contributed by atoms with E-state index in [1.807, 2.05) is 19.1 Å². The Morgan fingerprint density at radius 1 is 1.11 bits per heavy atom. The van der Waals surface area contributed by atoms with Crippen LogP contribution in [-0.4, -0.2) is 24.5 Å². The van der Waals surface area contributed by atoms with Crippen molar-refractivity contribution in [2.24, 2.45) is 0 Å². The molecule has 0 unspecified atom stereocenters. The van der Waals surface area contributed by atoms with E-state index < -0.39 is 11.9 Å². The zero-order chi connectivity index (χ0) is 24.9. The van der Waals surface area contributed by atoms with Crippen LogP contribution in [0.2, 0.25) is 0 Å². The molecular weight excluding hydrogens is 445 g/mol. The molecule has 5 nitrogen and oxygen atoms in total. The average Bonchev–Trinajstić information content (AvgIpc) is 2.82. The minimum atomic E-state index is -0.513. The third-order valence-corrected chi connectivity index (χ3v) is 7.37. The molecule has 0 bridgehead atoms. The van der Waals surface area contributed by atoms with Crippen molar-refractivity contribution < 1.29 is 23.5 Å². The summed E-state index contributed by atoms with van der Waals surface area (Å²) in [4.78, 5) is 26.5. The molecule has 0 saturated carbocycles. The normalized spacial score (nSPS) is 23.2. The van der Waals surface area contributed by atoms with Crippen LogP contribution in [0, 0.1) is 5.82 Å². The lowest BCUT2D eigenvalue weighted by Gasteiger charge is -2.37. The summed E-state index contributed by atoms with van der Waals surface area (Å²) in [5.41, 5.74) is 5.25. The van der Waals surface area contributed by atoms with Gasteiger partial charge < -0.3 is 14.8 Å². The van der Waals surface area contributed by atoms with E-state index in [1.54, 1.807) is 12.1 Å². The number of nitrogens with one attached hydrogen (secondary N) is 1. The van der Waals surface area contributed by atoms with E-state index in [9.17, 15) is 14.0 Å². The van der Waals surface area contributed by atoms with E-state index in [4.69, 9.17) is 9.47 Å². The predicted molar refractivity (Wildman–Crippen MR) is 130 cm³/mol. The summed E-state index contributed by atoms with van der Waals surface area (Å²) in [6.07, 6.45) is 2.67. The second-order valence-electron chi connectivity index (χ2n) is 10.3. The van der Waals surface area contributed by atoms with Gasteiger partial charge >= 0.3 is 5.97 Å². The van der Waals surface area contributed by atoms with Crippen molar-refractivity contribution in [1.82, 2.24) is 5.32 Å². The maximum atomic E-state index is 13.6. The average molecular weight is 476 g/mol. The first-order valence-corrected chi connectivity index (χ1v) is 12.1. The quantitative estimate of drug-likeness (QED) is 0.597. The molecule has 1 N–H and O–H groups in total. The summed E-state index contributed by atoms with van der Waals surface area (Å²) in [6.45, 7) is 6.00. The van der Waals surface area contributed by atoms with Crippen molar-refractivity contribution in [3.8, 4) is 5.75 Å². The fourth-order valence-corrected chi connectivity index (χ4v) is 5.58. The lowest BCUT2D eigenvalue weighted by molar-refractivity contribution is -0.136. The molecule has 5 rings (SSSR count). The van der Waals surface area contributed by atoms with Crippen molar-refractivity contribution in [1.29, 1.82) is 0 Å². The molecule has 0 amide bonds. The topological polar surface area (TPSA) is 64.6 Å². The number of hydrogen-bond acceptors (Lipinski definition) is 5. The molecule has 2 aromatic carbocycles. The molecule has 1 aliphatic carbocycles. The second-order valence-corrected chi connectivity index (χ2v) is 10.3. The third kappa shape index (κ3) is 4.26. The highest BCUT2D eigenvalue weighted by molar-refractivity contribution is 6.04. The van der Waals surface area contributed by atoms with Gasteiger partial charge in [0.15, 0.2) is 5.78 Å². The molecule has 0 radical (unpaired) electrons. The van der Waals surface area contributed by atoms with E-state index in [-0.39, 0.29) is 23.1 Å². The fourth-order valence-electron chi connectivity index (χ4n) is 5.58. The number of ether oxygens (including phenoxy) is 2. The standard InChI is InChI=1S/C29H30FNO4/c1-16-25(28(33)34-4)26(19-7-10-24-18(13-19)11-12-29(2,3)35-24)27-22(31-16)14-20(15-23(27)32)17-5-8-21(30)9-6-17/h5-10,13,20,26,31H,11-12,14-15H2,1-4H3/t20-,26+/m1/s1. The van der Waals surface area contributed by atoms with Gasteiger partial charge in [-0.1, -0.05) is 24.3 Å². The number of Topliss-reactive ketones (excluding diaryl/α,β-unsaturated/α-hetero) is 1. The van der Waals surface area contributed by atoms with Crippen molar-refractivity contribution in [2.45, 2.75) is 63.9 Å². The van der Waals surface area contributed by atoms with Crippen molar-refractivity contribution >= 4 is 11.8 Å². The molecule has 2 aliphatic heterocycles. The Morgan fingerprint density at radius 2 is 1.83 bits per heavy atom. The molecule has 2 heterocycles. The molecular formula is C29H30FNO4. The Morgan fingerprint density at radius 3 is 2.54 bits per heavy atom. The van der Waals surface area contributed by atoms with Gasteiger partial charge in [-0.3, -0.25) is 4.79 Å². The Kier molecular flexibility index (Phi) is 5.78. The first kappa shape index (κ1) is 23.3. The molecule has 2 aromatic rings. The van der Waals surface area contributed by atoms with Crippen LogP contribution < -0.4 is 10.1 Å². The van der Waals surface area contributed by atoms with Gasteiger partial charge in [0.2, 0.25) is 0 Å². The minimum absolute atomic E-state index is 0.0120. The number of carbonyl (C=O) groups is 2. The molecule has 35 heavy (non-hydrogen) atoms. The predicted octanol–water partition coefficient (Wildman–Crippen LogP) is 5.46. The SMILES string of the molecule is COC(=O)C1=C(C)NC2=C(C(=O)C[C@H](c3ccc(F)cc3)C2)[C@H]1c1ccc2c(c1)CCC(C)(C)O2. The summed E-state index contributed by atoms with van der Waals surface area (Å²) in [5, 5.41) is 3.34. The van der Waals surface area contributed by atoms with Crippen LogP contribution in [0.1, 0.15) is 68.6 Å². The molecule has 0 spiro atoms. The van der Waals surface area contributed by atoms with Crippen LogP contribution in [0.3, 0.4) is 0 Å². The number of carbonyl (C=O) groups excluding carboxylic acids is 2. The number of fused-ring (bicyclic) bond motifs is 1. The number of aryl methyl sites for hydroxylation is 1. The van der Waals surface area contributed by atoms with E-state index in [0.717, 1.165) is 41.0 Å². The number of benzene rings is 2. The number of hydrogen-bond donors (Lipinski definition) is 1. The zero-order valence-corrected chi connectivity index (χ0v) is 20.5. The van der Waals surface area contributed by atoms with E-state index in [0.29, 0.717) is 29.7 Å². The minimum Gasteiger partial charge on any atom is -0.488 e. The van der Waals surface area contributed by atoms with Crippen LogP contribution in [0.5, 0.6) is 5.75 Å². The zero-order valence-electron chi connectivity index (χ0n) is 20.5. The first-order valence-electron chi connectivity index (χ1n) is 12.1. The highest BCUT2D eigenvalue weighted by Gasteiger charge is 2.41. The van der Waals surface area contributed by atoms with Gasteiger partial charge in [-0.15, -0.1) is 0 Å². The number of allylic oxidation sites excluding steroid dienone is 3. The Hall–Kier alpha value is -3.41. The summed E-state index contributed by atoms with van der Waals surface area (Å²) < 4.78 is 24.8. The Labute approximate surface area is 205 Å². The van der Waals surface area contributed by atoms with Gasteiger partial charge in [0.25, 0.3) is 0 Å². The first-order chi connectivity index (χ1) is 16.7. The van der Waals surface area contributed by atoms with Crippen LogP contribution in [-0.2, 0) is 20.7 Å². The molecule has 0 fully saturated rings. The highest BCUT2D eigenvalue weighted by Crippen LogP contribution is 2.47. The van der Waals surface area contributed by atoms with E-state index in [2.05, 4.69) is 25.2 Å². The monoisotopic (exact) mass is 475 g/mol. The van der Waals surface area contributed by atoms with Gasteiger partial charge in [-0.05, 0) is 80.8 Å². The number of dihydropyridines is 1. The summed E-state index contributed by atoms with van der Waals surface area (Å²) in [7, 11) is 1.36. The fraction of sp³-hybridized carbons (Fsp3) is 0.379. The van der Waals surface area contributed by atoms with Crippen molar-refractivity contribution in [2.75, 3.05) is 7.11 Å². The largest absolute Gasteiger partial charge is 0.488 e. The summed E-state index contributed by atoms with van der Waals surface area (Å²) in [5.74, 6) is -0.479. The molecule has 182 valence electrons. The van der Waals surface area contributed by atoms with E-state index >= 15 is 0 Å². The molecule has 0 saturated heterocycles. The highest BCUT2D eigenvalue weighted by atomic mass is 19.1. The van der Waals surface area contributed by atoms with Crippen LogP contribution in [0.4, 0.5) is 4.39 Å². The molecule has 6 heteroatoms. The maximum Gasteiger partial charge on any atom is 0.336 e. The number of ketones is 1. The Balaban J connectivity index is 1.58. The smallest absolute Gasteiger partial charge is 0.336 e. The van der Waals surface area contributed by atoms with Gasteiger partial charge in [0.05, 0.1) is 12.7 Å². The lowest BCUT2D eigenvalue weighted by atomic mass is 9.71. The van der Waals surface area contributed by atoms with Gasteiger partial charge in [-0.25, -0.2) is 9.18 Å². The van der Waals surface area contributed by atoms with Crippen molar-refractivity contribution in [3.05, 3.63) is 87.5 Å². The van der Waals surface area contributed by atoms with Gasteiger partial charge in [-0.2, -0.15) is 0 Å². The molecule has 3 aliphatic rings. The maximum absolute atomic E-state index is 13.6. The number of esters is 1. The van der Waals surface area contributed by atoms with Crippen LogP contribution in [0.15, 0.2) is 65.0 Å². The third-order valence-electron chi connectivity index (χ3n) is 7.37. The van der Waals surface area contributed by atoms with Crippen LogP contribution >= 0.6 is 0 Å².